The van der Waals surface area contributed by atoms with Gasteiger partial charge in [0, 0.05) is 31.3 Å². The van der Waals surface area contributed by atoms with E-state index in [1.165, 1.54) is 82.8 Å². The fraction of sp³-hybridized carbons (Fsp3) is 0.966. The van der Waals surface area contributed by atoms with Gasteiger partial charge in [0.05, 0.1) is 13.2 Å². The summed E-state index contributed by atoms with van der Waals surface area (Å²) in [4.78, 5) is 11.0. The van der Waals surface area contributed by atoms with Crippen LogP contribution in [0.4, 0.5) is 0 Å². The summed E-state index contributed by atoms with van der Waals surface area (Å²) in [6.45, 7) is 11.3. The molecular formula is C29H51N3O. The van der Waals surface area contributed by atoms with Gasteiger partial charge in [0.25, 0.3) is 0 Å². The van der Waals surface area contributed by atoms with Crippen molar-refractivity contribution in [2.75, 3.05) is 33.3 Å². The van der Waals surface area contributed by atoms with Gasteiger partial charge in [0.2, 0.25) is 0 Å². The highest BCUT2D eigenvalue weighted by Gasteiger charge is 2.59. The Morgan fingerprint density at radius 3 is 2.61 bits per heavy atom. The van der Waals surface area contributed by atoms with Gasteiger partial charge in [-0.1, -0.05) is 26.7 Å². The average molecular weight is 458 g/mol. The number of nitrogens with zero attached hydrogens (tertiary/aromatic N) is 2. The van der Waals surface area contributed by atoms with Gasteiger partial charge in [-0.25, -0.2) is 0 Å². The Morgan fingerprint density at radius 2 is 1.79 bits per heavy atom. The van der Waals surface area contributed by atoms with E-state index in [-0.39, 0.29) is 0 Å². The van der Waals surface area contributed by atoms with Crippen LogP contribution in [0, 0.1) is 40.4 Å². The van der Waals surface area contributed by atoms with Gasteiger partial charge in [-0.2, -0.15) is 5.06 Å². The Bertz CT molecular complexity index is 703. The maximum Gasteiger partial charge on any atom is 0.0880 e. The minimum Gasteiger partial charge on any atom is -0.313 e. The van der Waals surface area contributed by atoms with Crippen molar-refractivity contribution >= 4 is 5.71 Å². The van der Waals surface area contributed by atoms with Crippen LogP contribution in [-0.2, 0) is 4.84 Å². The fourth-order valence-corrected chi connectivity index (χ4v) is 9.79. The molecule has 1 N–H and O–H groups in total. The van der Waals surface area contributed by atoms with E-state index in [1.54, 1.807) is 0 Å². The molecule has 188 valence electrons. The number of hydrogen-bond acceptors (Lipinski definition) is 4. The first-order chi connectivity index (χ1) is 15.9. The Labute approximate surface area is 203 Å². The van der Waals surface area contributed by atoms with E-state index in [4.69, 9.17) is 9.83 Å². The SMILES string of the molecule is CC(=NCCON(C)CC1CCCN1)C1CCC2C3CCC4CCCCC4(C)C3CCC12C. The minimum absolute atomic E-state index is 0.485. The largest absolute Gasteiger partial charge is 0.313 e. The molecule has 4 nitrogen and oxygen atoms in total. The van der Waals surface area contributed by atoms with Gasteiger partial charge < -0.3 is 5.32 Å². The van der Waals surface area contributed by atoms with Crippen molar-refractivity contribution in [2.24, 2.45) is 45.4 Å². The second-order valence-corrected chi connectivity index (χ2v) is 13.0. The maximum atomic E-state index is 5.97. The van der Waals surface area contributed by atoms with Crippen LogP contribution in [-0.4, -0.2) is 50.1 Å². The maximum absolute atomic E-state index is 5.97. The molecule has 4 heteroatoms. The first-order valence-corrected chi connectivity index (χ1v) is 14.5. The molecule has 4 saturated carbocycles. The third-order valence-electron chi connectivity index (χ3n) is 11.5. The molecule has 1 aliphatic heterocycles. The molecule has 8 unspecified atom stereocenters. The Morgan fingerprint density at radius 1 is 0.939 bits per heavy atom. The van der Waals surface area contributed by atoms with Crippen molar-refractivity contribution in [3.8, 4) is 0 Å². The number of hydrogen-bond donors (Lipinski definition) is 1. The van der Waals surface area contributed by atoms with Crippen LogP contribution in [0.5, 0.6) is 0 Å². The van der Waals surface area contributed by atoms with Crippen molar-refractivity contribution in [3.05, 3.63) is 0 Å². The lowest BCUT2D eigenvalue weighted by molar-refractivity contribution is -0.139. The molecule has 0 radical (unpaired) electrons. The van der Waals surface area contributed by atoms with Crippen molar-refractivity contribution in [3.63, 3.8) is 0 Å². The Kier molecular flexibility index (Phi) is 7.27. The molecule has 0 spiro atoms. The van der Waals surface area contributed by atoms with E-state index in [1.807, 2.05) is 5.06 Å². The monoisotopic (exact) mass is 457 g/mol. The summed E-state index contributed by atoms with van der Waals surface area (Å²) in [5.41, 5.74) is 2.55. The summed E-state index contributed by atoms with van der Waals surface area (Å²) in [5, 5.41) is 5.57. The first kappa shape index (κ1) is 24.3. The number of fused-ring (bicyclic) bond motifs is 5. The van der Waals surface area contributed by atoms with Gasteiger partial charge in [-0.05, 0) is 112 Å². The van der Waals surface area contributed by atoms with Crippen LogP contribution < -0.4 is 5.32 Å². The lowest BCUT2D eigenvalue weighted by Crippen LogP contribution is -2.53. The molecular weight excluding hydrogens is 406 g/mol. The van der Waals surface area contributed by atoms with Crippen LogP contribution in [0.15, 0.2) is 4.99 Å². The van der Waals surface area contributed by atoms with Crippen molar-refractivity contribution in [1.29, 1.82) is 0 Å². The fourth-order valence-electron chi connectivity index (χ4n) is 9.79. The van der Waals surface area contributed by atoms with Gasteiger partial charge in [-0.15, -0.1) is 0 Å². The van der Waals surface area contributed by atoms with Crippen molar-refractivity contribution < 1.29 is 4.84 Å². The zero-order valence-corrected chi connectivity index (χ0v) is 22.1. The first-order valence-electron chi connectivity index (χ1n) is 14.5. The van der Waals surface area contributed by atoms with Crippen LogP contribution in [0.2, 0.25) is 0 Å². The predicted molar refractivity (Wildman–Crippen MR) is 137 cm³/mol. The molecule has 0 aromatic rings. The Hall–Kier alpha value is -0.450. The van der Waals surface area contributed by atoms with Crippen LogP contribution >= 0.6 is 0 Å². The summed E-state index contributed by atoms with van der Waals surface area (Å²) < 4.78 is 0. The third kappa shape index (κ3) is 4.58. The van der Waals surface area contributed by atoms with Gasteiger partial charge in [0.1, 0.15) is 0 Å². The zero-order chi connectivity index (χ0) is 23.1. The van der Waals surface area contributed by atoms with Crippen molar-refractivity contribution in [1.82, 2.24) is 10.4 Å². The Balaban J connectivity index is 1.17. The average Bonchev–Trinajstić information content (AvgIpc) is 3.43. The summed E-state index contributed by atoms with van der Waals surface area (Å²) >= 11 is 0. The van der Waals surface area contributed by atoms with Crippen LogP contribution in [0.3, 0.4) is 0 Å². The zero-order valence-electron chi connectivity index (χ0n) is 22.1. The van der Waals surface area contributed by atoms with Gasteiger partial charge in [-0.3, -0.25) is 9.83 Å². The van der Waals surface area contributed by atoms with Gasteiger partial charge in [0.15, 0.2) is 0 Å². The number of rotatable bonds is 7. The van der Waals surface area contributed by atoms with E-state index >= 15 is 0 Å². The standard InChI is InChI=1S/C29H51N3O/c1-21(30-18-19-33-32(4)20-23-9-7-17-31-23)25-12-13-26-24-11-10-22-8-5-6-15-28(22,2)27(24)14-16-29(25,26)3/h22-27,31H,5-20H2,1-4H3. The normalized spacial score (nSPS) is 45.7. The molecule has 1 saturated heterocycles. The second kappa shape index (κ2) is 9.90. The summed E-state index contributed by atoms with van der Waals surface area (Å²) in [6, 6.07) is 0.594. The molecule has 5 aliphatic rings. The van der Waals surface area contributed by atoms with E-state index < -0.39 is 0 Å². The lowest BCUT2D eigenvalue weighted by Gasteiger charge is -2.60. The molecule has 5 fully saturated rings. The van der Waals surface area contributed by atoms with Crippen LogP contribution in [0.1, 0.15) is 97.8 Å². The molecule has 33 heavy (non-hydrogen) atoms. The second-order valence-electron chi connectivity index (χ2n) is 13.0. The van der Waals surface area contributed by atoms with Crippen molar-refractivity contribution in [2.45, 2.75) is 104 Å². The van der Waals surface area contributed by atoms with Gasteiger partial charge >= 0.3 is 0 Å². The third-order valence-corrected chi connectivity index (χ3v) is 11.5. The molecule has 0 aromatic heterocycles. The number of hydroxylamine groups is 2. The van der Waals surface area contributed by atoms with E-state index in [0.29, 0.717) is 29.4 Å². The molecule has 5 rings (SSSR count). The highest BCUT2D eigenvalue weighted by molar-refractivity contribution is 5.85. The number of nitrogens with one attached hydrogen (secondary N) is 1. The summed E-state index contributed by atoms with van der Waals surface area (Å²) in [5.74, 6) is 4.65. The minimum atomic E-state index is 0.485. The number of aliphatic imine (C=N–C) groups is 1. The van der Waals surface area contributed by atoms with E-state index in [0.717, 1.165) is 43.3 Å². The smallest absolute Gasteiger partial charge is 0.0880 e. The molecule has 4 aliphatic carbocycles. The highest BCUT2D eigenvalue weighted by Crippen LogP contribution is 2.67. The van der Waals surface area contributed by atoms with E-state index in [9.17, 15) is 0 Å². The molecule has 0 amide bonds. The molecule has 0 aromatic carbocycles. The van der Waals surface area contributed by atoms with Crippen LogP contribution in [0.25, 0.3) is 0 Å². The topological polar surface area (TPSA) is 36.9 Å². The van der Waals surface area contributed by atoms with E-state index in [2.05, 4.69) is 33.1 Å². The molecule has 0 bridgehead atoms. The predicted octanol–water partition coefficient (Wildman–Crippen LogP) is 6.11. The highest BCUT2D eigenvalue weighted by atomic mass is 16.7. The summed E-state index contributed by atoms with van der Waals surface area (Å²) in [7, 11) is 2.07. The molecule has 1 heterocycles. The summed E-state index contributed by atoms with van der Waals surface area (Å²) in [6.07, 6.45) is 17.4. The quantitative estimate of drug-likeness (QED) is 0.285. The number of likely N-dealkylation sites (N-methyl/N-ethyl adjacent to an activating group) is 1. The molecule has 8 atom stereocenters. The lowest BCUT2D eigenvalue weighted by atomic mass is 9.45.